The monoisotopic (exact) mass is 311 g/mol. The van der Waals surface area contributed by atoms with Gasteiger partial charge in [-0.1, -0.05) is 38.0 Å². The summed E-state index contributed by atoms with van der Waals surface area (Å²) in [5, 5.41) is 8.54. The van der Waals surface area contributed by atoms with Gasteiger partial charge in [0.1, 0.15) is 6.54 Å². The molecule has 0 bridgehead atoms. The van der Waals surface area contributed by atoms with Gasteiger partial charge in [0.25, 0.3) is 5.56 Å². The van der Waals surface area contributed by atoms with Crippen molar-refractivity contribution >= 4 is 16.7 Å². The third kappa shape index (κ3) is 3.59. The molecule has 0 saturated heterocycles. The van der Waals surface area contributed by atoms with Crippen molar-refractivity contribution in [2.45, 2.75) is 39.8 Å². The normalized spacial score (nSPS) is 10.7. The van der Waals surface area contributed by atoms with Crippen LogP contribution in [0, 0.1) is 18.3 Å². The number of rotatable bonds is 6. The molecule has 2 aromatic rings. The van der Waals surface area contributed by atoms with Crippen molar-refractivity contribution in [1.82, 2.24) is 15.1 Å². The maximum atomic E-state index is 12.3. The van der Waals surface area contributed by atoms with Crippen molar-refractivity contribution in [3.8, 4) is 12.3 Å². The van der Waals surface area contributed by atoms with Gasteiger partial charge in [0.2, 0.25) is 5.91 Å². The number of fused-ring (bicyclic) bond motifs is 1. The van der Waals surface area contributed by atoms with Crippen molar-refractivity contribution in [3.05, 3.63) is 40.3 Å². The maximum Gasteiger partial charge on any atom is 0.275 e. The smallest absolute Gasteiger partial charge is 0.275 e. The van der Waals surface area contributed by atoms with Gasteiger partial charge in [-0.15, -0.1) is 6.42 Å². The summed E-state index contributed by atoms with van der Waals surface area (Å²) in [5.74, 6) is 2.44. The minimum absolute atomic E-state index is 0.00196. The van der Waals surface area contributed by atoms with Crippen LogP contribution in [0.4, 0.5) is 0 Å². The molecule has 0 unspecified atom stereocenters. The van der Waals surface area contributed by atoms with Crippen LogP contribution in [0.2, 0.25) is 0 Å². The molecule has 5 heteroatoms. The molecule has 0 atom stereocenters. The highest BCUT2D eigenvalue weighted by Gasteiger charge is 2.15. The fraction of sp³-hybridized carbons (Fsp3) is 0.389. The first-order valence-electron chi connectivity index (χ1n) is 7.82. The average molecular weight is 311 g/mol. The molecule has 0 aliphatic carbocycles. The summed E-state index contributed by atoms with van der Waals surface area (Å²) in [6, 6.07) is 7.23. The van der Waals surface area contributed by atoms with E-state index in [4.69, 9.17) is 6.42 Å². The highest BCUT2D eigenvalue weighted by molar-refractivity contribution is 5.84. The number of nitrogens with zero attached hydrogens (tertiary/aromatic N) is 2. The highest BCUT2D eigenvalue weighted by Crippen LogP contribution is 2.14. The summed E-state index contributed by atoms with van der Waals surface area (Å²) in [6.45, 7) is 4.38. The van der Waals surface area contributed by atoms with E-state index in [1.54, 1.807) is 12.1 Å². The Morgan fingerprint density at radius 2 is 1.96 bits per heavy atom. The first kappa shape index (κ1) is 16.8. The molecule has 1 amide bonds. The van der Waals surface area contributed by atoms with E-state index in [1.165, 1.54) is 4.68 Å². The summed E-state index contributed by atoms with van der Waals surface area (Å²) in [6.07, 6.45) is 6.90. The first-order chi connectivity index (χ1) is 11.1. The molecule has 1 aromatic carbocycles. The molecule has 120 valence electrons. The fourth-order valence-electron chi connectivity index (χ4n) is 2.60. The Kier molecular flexibility index (Phi) is 5.53. The lowest BCUT2D eigenvalue weighted by Crippen LogP contribution is -2.32. The SMILES string of the molecule is C#CCn1nc(CNC(=O)C(CC)CC)c2ccccc2c1=O. The van der Waals surface area contributed by atoms with Crippen molar-refractivity contribution < 1.29 is 4.79 Å². The van der Waals surface area contributed by atoms with Crippen molar-refractivity contribution in [1.29, 1.82) is 0 Å². The van der Waals surface area contributed by atoms with E-state index >= 15 is 0 Å². The standard InChI is InChI=1S/C18H21N3O2/c1-4-11-21-18(23)15-10-8-7-9-14(15)16(20-21)12-19-17(22)13(5-2)6-3/h1,7-10,13H,5-6,11-12H2,2-3H3,(H,19,22). The van der Waals surface area contributed by atoms with E-state index in [-0.39, 0.29) is 30.5 Å². The summed E-state index contributed by atoms with van der Waals surface area (Å²) in [7, 11) is 0. The number of carbonyl (C=O) groups excluding carboxylic acids is 1. The molecule has 0 aliphatic heterocycles. The lowest BCUT2D eigenvalue weighted by Gasteiger charge is -2.14. The lowest BCUT2D eigenvalue weighted by atomic mass is 10.0. The van der Waals surface area contributed by atoms with E-state index in [9.17, 15) is 9.59 Å². The van der Waals surface area contributed by atoms with Gasteiger partial charge >= 0.3 is 0 Å². The Balaban J connectivity index is 2.37. The van der Waals surface area contributed by atoms with Crippen LogP contribution in [0.15, 0.2) is 29.1 Å². The maximum absolute atomic E-state index is 12.3. The Hall–Kier alpha value is -2.61. The Morgan fingerprint density at radius 3 is 2.57 bits per heavy atom. The van der Waals surface area contributed by atoms with Crippen LogP contribution in [0.3, 0.4) is 0 Å². The molecule has 1 aromatic heterocycles. The second-order valence-electron chi connectivity index (χ2n) is 5.39. The zero-order valence-electron chi connectivity index (χ0n) is 13.5. The number of benzene rings is 1. The van der Waals surface area contributed by atoms with Crippen molar-refractivity contribution in [2.24, 2.45) is 5.92 Å². The number of nitrogens with one attached hydrogen (secondary N) is 1. The molecule has 23 heavy (non-hydrogen) atoms. The number of aromatic nitrogens is 2. The second-order valence-corrected chi connectivity index (χ2v) is 5.39. The zero-order chi connectivity index (χ0) is 16.8. The van der Waals surface area contributed by atoms with Crippen LogP contribution in [-0.2, 0) is 17.9 Å². The molecule has 0 aliphatic rings. The number of hydrogen-bond acceptors (Lipinski definition) is 3. The summed E-state index contributed by atoms with van der Waals surface area (Å²) >= 11 is 0. The van der Waals surface area contributed by atoms with E-state index in [0.717, 1.165) is 18.2 Å². The number of carbonyl (C=O) groups is 1. The van der Waals surface area contributed by atoms with E-state index < -0.39 is 0 Å². The lowest BCUT2D eigenvalue weighted by molar-refractivity contribution is -0.125. The van der Waals surface area contributed by atoms with Crippen LogP contribution >= 0.6 is 0 Å². The van der Waals surface area contributed by atoms with Gasteiger partial charge < -0.3 is 5.32 Å². The van der Waals surface area contributed by atoms with Crippen molar-refractivity contribution in [3.63, 3.8) is 0 Å². The van der Waals surface area contributed by atoms with Gasteiger partial charge in [0, 0.05) is 11.3 Å². The molecule has 0 radical (unpaired) electrons. The van der Waals surface area contributed by atoms with Gasteiger partial charge in [0.05, 0.1) is 17.6 Å². The molecule has 1 heterocycles. The quantitative estimate of drug-likeness (QED) is 0.831. The third-order valence-electron chi connectivity index (χ3n) is 3.97. The highest BCUT2D eigenvalue weighted by atomic mass is 16.2. The van der Waals surface area contributed by atoms with Crippen LogP contribution in [-0.4, -0.2) is 15.7 Å². The average Bonchev–Trinajstić information content (AvgIpc) is 2.57. The Morgan fingerprint density at radius 1 is 1.30 bits per heavy atom. The number of hydrogen-bond donors (Lipinski definition) is 1. The minimum Gasteiger partial charge on any atom is -0.350 e. The van der Waals surface area contributed by atoms with Gasteiger partial charge in [-0.05, 0) is 18.9 Å². The Bertz CT molecular complexity index is 798. The predicted molar refractivity (Wildman–Crippen MR) is 90.8 cm³/mol. The number of amides is 1. The third-order valence-corrected chi connectivity index (χ3v) is 3.97. The molecule has 0 saturated carbocycles. The molecule has 1 N–H and O–H groups in total. The molecular weight excluding hydrogens is 290 g/mol. The van der Waals surface area contributed by atoms with E-state index in [2.05, 4.69) is 16.3 Å². The molecule has 5 nitrogen and oxygen atoms in total. The molecular formula is C18H21N3O2. The van der Waals surface area contributed by atoms with E-state index in [0.29, 0.717) is 11.1 Å². The van der Waals surface area contributed by atoms with Crippen molar-refractivity contribution in [2.75, 3.05) is 0 Å². The first-order valence-corrected chi connectivity index (χ1v) is 7.82. The van der Waals surface area contributed by atoms with Gasteiger partial charge in [-0.25, -0.2) is 4.68 Å². The minimum atomic E-state index is -0.214. The summed E-state index contributed by atoms with van der Waals surface area (Å²) < 4.78 is 1.26. The largest absolute Gasteiger partial charge is 0.350 e. The van der Waals surface area contributed by atoms with E-state index in [1.807, 2.05) is 26.0 Å². The van der Waals surface area contributed by atoms with Gasteiger partial charge in [0.15, 0.2) is 0 Å². The van der Waals surface area contributed by atoms with Crippen LogP contribution in [0.1, 0.15) is 32.4 Å². The van der Waals surface area contributed by atoms with Crippen LogP contribution < -0.4 is 10.9 Å². The van der Waals surface area contributed by atoms with Gasteiger partial charge in [-0.3, -0.25) is 9.59 Å². The zero-order valence-corrected chi connectivity index (χ0v) is 13.5. The summed E-state index contributed by atoms with van der Waals surface area (Å²) in [5.41, 5.74) is 0.434. The number of terminal acetylenes is 1. The Labute approximate surface area is 135 Å². The van der Waals surface area contributed by atoms with Crippen LogP contribution in [0.25, 0.3) is 10.8 Å². The van der Waals surface area contributed by atoms with Crippen LogP contribution in [0.5, 0.6) is 0 Å². The molecule has 2 rings (SSSR count). The molecule has 0 fully saturated rings. The fourth-order valence-corrected chi connectivity index (χ4v) is 2.60. The topological polar surface area (TPSA) is 64.0 Å². The second kappa shape index (κ2) is 7.59. The molecule has 0 spiro atoms. The summed E-state index contributed by atoms with van der Waals surface area (Å²) in [4.78, 5) is 24.5. The predicted octanol–water partition coefficient (Wildman–Crippen LogP) is 2.08. The van der Waals surface area contributed by atoms with Gasteiger partial charge in [-0.2, -0.15) is 5.10 Å².